The van der Waals surface area contributed by atoms with Crippen LogP contribution in [0.4, 0.5) is 0 Å². The molecule has 3 nitrogen and oxygen atoms in total. The fraction of sp³-hybridized carbons (Fsp3) is 0.750. The van der Waals surface area contributed by atoms with Crippen LogP contribution in [0.25, 0.3) is 0 Å². The summed E-state index contributed by atoms with van der Waals surface area (Å²) in [5.74, 6) is -2.18. The van der Waals surface area contributed by atoms with E-state index in [1.807, 2.05) is 0 Å². The quantitative estimate of drug-likeness (QED) is 0.762. The van der Waals surface area contributed by atoms with Crippen molar-refractivity contribution in [2.75, 3.05) is 0 Å². The second-order valence-electron chi connectivity index (χ2n) is 3.67. The zero-order valence-electron chi connectivity index (χ0n) is 7.92. The van der Waals surface area contributed by atoms with Crippen molar-refractivity contribution in [2.45, 2.75) is 27.7 Å². The Morgan fingerprint density at radius 1 is 1.25 bits per heavy atom. The molecule has 0 saturated heterocycles. The molecule has 0 aromatic rings. The molecule has 0 saturated carbocycles. The number of ketones is 1. The van der Waals surface area contributed by atoms with E-state index in [2.05, 4.69) is 0 Å². The molecule has 1 N–H and O–H groups in total. The summed E-state index contributed by atoms with van der Waals surface area (Å²) in [6.45, 7) is 6.56. The van der Waals surface area contributed by atoms with Crippen LogP contribution in [0.5, 0.6) is 0 Å². The molecule has 67 valence electrons. The number of carbonyl (C=O) groups excluding carboxylic acids is 1. The summed E-state index contributed by atoms with van der Waals surface area (Å²) in [6.07, 6.45) is 0. The Labute approximate surface area is 91.3 Å². The maximum Gasteiger partial charge on any atom is 0.313 e. The third-order valence-electron chi connectivity index (χ3n) is 1.50. The molecule has 12 heavy (non-hydrogen) atoms. The molecule has 0 aliphatic carbocycles. The number of rotatable bonds is 2. The number of Topliss-reactive ketones (excluding diaryl/α,β-unsaturated/α-hetero) is 1. The average Bonchev–Trinajstić information content (AvgIpc) is 1.82. The van der Waals surface area contributed by atoms with E-state index in [9.17, 15) is 9.59 Å². The van der Waals surface area contributed by atoms with Gasteiger partial charge in [0.25, 0.3) is 0 Å². The first-order valence-electron chi connectivity index (χ1n) is 3.54. The van der Waals surface area contributed by atoms with Crippen LogP contribution in [0.3, 0.4) is 0 Å². The number of aliphatic carboxylic acids is 1. The van der Waals surface area contributed by atoms with Gasteiger partial charge in [0.2, 0.25) is 0 Å². The SMILES string of the molecule is CC(C(=O)O)C(=O)C(C)(C)C.[In]. The van der Waals surface area contributed by atoms with Gasteiger partial charge in [-0.15, -0.1) is 0 Å². The van der Waals surface area contributed by atoms with Crippen LogP contribution in [0.1, 0.15) is 27.7 Å². The maximum atomic E-state index is 11.2. The smallest absolute Gasteiger partial charge is 0.313 e. The van der Waals surface area contributed by atoms with Crippen molar-refractivity contribution in [3.8, 4) is 0 Å². The van der Waals surface area contributed by atoms with E-state index in [4.69, 9.17) is 5.11 Å². The zero-order chi connectivity index (χ0) is 9.23. The summed E-state index contributed by atoms with van der Waals surface area (Å²) in [7, 11) is 0. The summed E-state index contributed by atoms with van der Waals surface area (Å²) in [6, 6.07) is 0. The van der Waals surface area contributed by atoms with E-state index < -0.39 is 17.3 Å². The van der Waals surface area contributed by atoms with Crippen molar-refractivity contribution >= 4 is 37.6 Å². The van der Waals surface area contributed by atoms with Gasteiger partial charge in [0, 0.05) is 31.3 Å². The topological polar surface area (TPSA) is 54.4 Å². The van der Waals surface area contributed by atoms with Crippen LogP contribution in [0.15, 0.2) is 0 Å². The first-order chi connectivity index (χ1) is 4.76. The van der Waals surface area contributed by atoms with Gasteiger partial charge in [-0.2, -0.15) is 0 Å². The van der Waals surface area contributed by atoms with Crippen LogP contribution in [-0.4, -0.2) is 42.7 Å². The van der Waals surface area contributed by atoms with Gasteiger partial charge in [0.15, 0.2) is 5.78 Å². The zero-order valence-corrected chi connectivity index (χ0v) is 11.2. The molecule has 0 spiro atoms. The molecule has 1 atom stereocenters. The van der Waals surface area contributed by atoms with Crippen molar-refractivity contribution in [3.05, 3.63) is 0 Å². The maximum absolute atomic E-state index is 11.2. The molecule has 3 radical (unpaired) electrons. The minimum atomic E-state index is -1.05. The van der Waals surface area contributed by atoms with Crippen molar-refractivity contribution in [2.24, 2.45) is 11.3 Å². The van der Waals surface area contributed by atoms with Gasteiger partial charge in [0.1, 0.15) is 5.92 Å². The van der Waals surface area contributed by atoms with Gasteiger partial charge in [-0.25, -0.2) is 0 Å². The molecule has 0 aliphatic rings. The Kier molecular flexibility index (Phi) is 5.93. The number of hydrogen-bond donors (Lipinski definition) is 1. The van der Waals surface area contributed by atoms with Crippen LogP contribution in [-0.2, 0) is 9.59 Å². The minimum absolute atomic E-state index is 0. The van der Waals surface area contributed by atoms with E-state index >= 15 is 0 Å². The molecule has 4 heteroatoms. The van der Waals surface area contributed by atoms with E-state index in [0.717, 1.165) is 0 Å². The van der Waals surface area contributed by atoms with E-state index in [0.29, 0.717) is 0 Å². The van der Waals surface area contributed by atoms with Gasteiger partial charge >= 0.3 is 5.97 Å². The molecule has 0 aliphatic heterocycles. The number of carbonyl (C=O) groups is 2. The van der Waals surface area contributed by atoms with Crippen LogP contribution in [0.2, 0.25) is 0 Å². The fourth-order valence-electron chi connectivity index (χ4n) is 0.762. The first kappa shape index (κ1) is 14.5. The Morgan fingerprint density at radius 2 is 1.58 bits per heavy atom. The molecule has 0 aromatic heterocycles. The first-order valence-corrected chi connectivity index (χ1v) is 3.54. The van der Waals surface area contributed by atoms with Gasteiger partial charge in [-0.05, 0) is 6.92 Å². The third-order valence-corrected chi connectivity index (χ3v) is 1.50. The third kappa shape index (κ3) is 4.14. The van der Waals surface area contributed by atoms with Crippen LogP contribution >= 0.6 is 0 Å². The summed E-state index contributed by atoms with van der Waals surface area (Å²) in [4.78, 5) is 21.6. The number of carboxylic acids is 1. The van der Waals surface area contributed by atoms with Gasteiger partial charge in [0.05, 0.1) is 0 Å². The summed E-state index contributed by atoms with van der Waals surface area (Å²) in [5.41, 5.74) is -0.558. The molecule has 0 rings (SSSR count). The van der Waals surface area contributed by atoms with Gasteiger partial charge in [-0.3, -0.25) is 9.59 Å². The predicted molar refractivity (Wildman–Crippen MR) is 47.0 cm³/mol. The Balaban J connectivity index is 0. The molecular formula is C8H14InO3. The predicted octanol–water partition coefficient (Wildman–Crippen LogP) is 0.941. The molecular weight excluding hydrogens is 259 g/mol. The second-order valence-corrected chi connectivity index (χ2v) is 3.67. The van der Waals surface area contributed by atoms with Crippen molar-refractivity contribution in [1.82, 2.24) is 0 Å². The molecule has 0 heterocycles. The number of hydrogen-bond acceptors (Lipinski definition) is 2. The van der Waals surface area contributed by atoms with Crippen LogP contribution < -0.4 is 0 Å². The van der Waals surface area contributed by atoms with Crippen molar-refractivity contribution < 1.29 is 14.7 Å². The average molecular weight is 273 g/mol. The largest absolute Gasteiger partial charge is 0.481 e. The molecule has 0 fully saturated rings. The van der Waals surface area contributed by atoms with E-state index in [1.165, 1.54) is 6.92 Å². The Bertz CT molecular complexity index is 181. The normalized spacial score (nSPS) is 13.0. The monoisotopic (exact) mass is 273 g/mol. The van der Waals surface area contributed by atoms with E-state index in [1.54, 1.807) is 20.8 Å². The molecule has 0 bridgehead atoms. The summed E-state index contributed by atoms with van der Waals surface area (Å²) in [5, 5.41) is 8.49. The number of carboxylic acid groups (broad SMARTS) is 1. The Morgan fingerprint density at radius 3 is 1.67 bits per heavy atom. The molecule has 1 unspecified atom stereocenters. The van der Waals surface area contributed by atoms with Crippen molar-refractivity contribution in [1.29, 1.82) is 0 Å². The Hall–Kier alpha value is 0.0101. The minimum Gasteiger partial charge on any atom is -0.481 e. The molecule has 0 aromatic carbocycles. The fourth-order valence-corrected chi connectivity index (χ4v) is 0.762. The summed E-state index contributed by atoms with van der Waals surface area (Å²) >= 11 is 0. The molecule has 0 amide bonds. The van der Waals surface area contributed by atoms with E-state index in [-0.39, 0.29) is 31.6 Å². The van der Waals surface area contributed by atoms with Crippen molar-refractivity contribution in [3.63, 3.8) is 0 Å². The van der Waals surface area contributed by atoms with Crippen LogP contribution in [0, 0.1) is 11.3 Å². The van der Waals surface area contributed by atoms with Gasteiger partial charge < -0.3 is 5.11 Å². The second kappa shape index (κ2) is 4.90. The van der Waals surface area contributed by atoms with Gasteiger partial charge in [-0.1, -0.05) is 20.8 Å². The standard InChI is InChI=1S/C8H14O3.In/c1-5(7(10)11)6(9)8(2,3)4;/h5H,1-4H3,(H,10,11);. The summed E-state index contributed by atoms with van der Waals surface area (Å²) < 4.78 is 0.